The molecule has 7 heteroatoms. The molecule has 1 aromatic heterocycles. The highest BCUT2D eigenvalue weighted by Crippen LogP contribution is 2.33. The zero-order chi connectivity index (χ0) is 16.4. The van der Waals surface area contributed by atoms with Gasteiger partial charge in [0.15, 0.2) is 9.84 Å². The second kappa shape index (κ2) is 6.83. The Labute approximate surface area is 137 Å². The van der Waals surface area contributed by atoms with Crippen LogP contribution >= 0.6 is 0 Å². The maximum atomic E-state index is 11.9. The van der Waals surface area contributed by atoms with E-state index in [2.05, 4.69) is 14.9 Å². The summed E-state index contributed by atoms with van der Waals surface area (Å²) in [6, 6.07) is 0.268. The van der Waals surface area contributed by atoms with Gasteiger partial charge in [0.2, 0.25) is 0 Å². The SMILES string of the molecule is CS(=O)(=O)c1cncnc1C1CCN([C@H]2CCCC[C@@H]2O)CC1. The molecule has 0 amide bonds. The van der Waals surface area contributed by atoms with Gasteiger partial charge in [0.25, 0.3) is 0 Å². The Balaban J connectivity index is 1.70. The third-order valence-corrected chi connectivity index (χ3v) is 6.30. The molecule has 3 rings (SSSR count). The molecule has 128 valence electrons. The van der Waals surface area contributed by atoms with Gasteiger partial charge in [0, 0.05) is 24.4 Å². The van der Waals surface area contributed by atoms with Crippen LogP contribution in [0.2, 0.25) is 0 Å². The van der Waals surface area contributed by atoms with Crippen molar-refractivity contribution in [2.45, 2.75) is 61.5 Å². The van der Waals surface area contributed by atoms with Crippen molar-refractivity contribution in [3.8, 4) is 0 Å². The first-order valence-corrected chi connectivity index (χ1v) is 10.3. The molecule has 1 aromatic rings. The van der Waals surface area contributed by atoms with Crippen molar-refractivity contribution < 1.29 is 13.5 Å². The monoisotopic (exact) mass is 339 g/mol. The number of aliphatic hydroxyl groups is 1. The van der Waals surface area contributed by atoms with E-state index in [9.17, 15) is 13.5 Å². The lowest BCUT2D eigenvalue weighted by Gasteiger charge is -2.41. The number of hydrogen-bond donors (Lipinski definition) is 1. The van der Waals surface area contributed by atoms with E-state index >= 15 is 0 Å². The Morgan fingerprint density at radius 1 is 1.17 bits per heavy atom. The third-order valence-electron chi connectivity index (χ3n) is 5.19. The molecule has 6 nitrogen and oxygen atoms in total. The highest BCUT2D eigenvalue weighted by molar-refractivity contribution is 7.90. The van der Waals surface area contributed by atoms with Gasteiger partial charge < -0.3 is 5.11 Å². The first-order chi connectivity index (χ1) is 11.0. The lowest BCUT2D eigenvalue weighted by Crippen LogP contribution is -2.48. The fourth-order valence-electron chi connectivity index (χ4n) is 3.94. The molecule has 0 bridgehead atoms. The Hall–Kier alpha value is -1.05. The third kappa shape index (κ3) is 3.72. The molecule has 0 radical (unpaired) electrons. The molecule has 2 heterocycles. The summed E-state index contributed by atoms with van der Waals surface area (Å²) in [7, 11) is -3.30. The van der Waals surface area contributed by atoms with Crippen molar-refractivity contribution in [3.63, 3.8) is 0 Å². The van der Waals surface area contributed by atoms with Gasteiger partial charge in [-0.3, -0.25) is 4.90 Å². The summed E-state index contributed by atoms with van der Waals surface area (Å²) in [5.41, 5.74) is 0.659. The van der Waals surface area contributed by atoms with Gasteiger partial charge in [-0.2, -0.15) is 0 Å². The molecule has 2 aliphatic rings. The Bertz CT molecular complexity index is 642. The molecule has 1 aliphatic carbocycles. The van der Waals surface area contributed by atoms with Crippen LogP contribution in [-0.4, -0.2) is 59.9 Å². The first kappa shape index (κ1) is 16.8. The van der Waals surface area contributed by atoms with E-state index in [1.165, 1.54) is 25.2 Å². The second-order valence-electron chi connectivity index (χ2n) is 6.77. The van der Waals surface area contributed by atoms with Gasteiger partial charge in [-0.1, -0.05) is 12.8 Å². The normalized spacial score (nSPS) is 27.9. The van der Waals surface area contributed by atoms with E-state index in [0.29, 0.717) is 5.69 Å². The molecule has 2 atom stereocenters. The largest absolute Gasteiger partial charge is 0.391 e. The van der Waals surface area contributed by atoms with E-state index in [1.54, 1.807) is 0 Å². The smallest absolute Gasteiger partial charge is 0.178 e. The summed E-state index contributed by atoms with van der Waals surface area (Å²) in [6.07, 6.45) is 9.86. The fraction of sp³-hybridized carbons (Fsp3) is 0.750. The van der Waals surface area contributed by atoms with Gasteiger partial charge in [-0.15, -0.1) is 0 Å². The summed E-state index contributed by atoms with van der Waals surface area (Å²) >= 11 is 0. The minimum Gasteiger partial charge on any atom is -0.391 e. The van der Waals surface area contributed by atoms with Crippen molar-refractivity contribution in [1.29, 1.82) is 0 Å². The zero-order valence-corrected chi connectivity index (χ0v) is 14.4. The van der Waals surface area contributed by atoms with Crippen LogP contribution in [0.5, 0.6) is 0 Å². The number of sulfone groups is 1. The molecule has 1 aliphatic heterocycles. The van der Waals surface area contributed by atoms with Crippen molar-refractivity contribution >= 4 is 9.84 Å². The molecule has 23 heavy (non-hydrogen) atoms. The van der Waals surface area contributed by atoms with Crippen molar-refractivity contribution in [3.05, 3.63) is 18.2 Å². The number of rotatable bonds is 3. The van der Waals surface area contributed by atoms with Crippen molar-refractivity contribution in [2.75, 3.05) is 19.3 Å². The molecular formula is C16H25N3O3S. The molecule has 0 spiro atoms. The zero-order valence-electron chi connectivity index (χ0n) is 13.6. The average molecular weight is 339 g/mol. The van der Waals surface area contributed by atoms with Gasteiger partial charge in [0.05, 0.1) is 11.8 Å². The fourth-order valence-corrected chi connectivity index (χ4v) is 4.79. The quantitative estimate of drug-likeness (QED) is 0.895. The van der Waals surface area contributed by atoms with E-state index in [-0.39, 0.29) is 23.0 Å². The minimum atomic E-state index is -3.30. The standard InChI is InChI=1S/C16H25N3O3S/c1-23(21,22)15-10-17-11-18-16(15)12-6-8-19(9-7-12)13-4-2-3-5-14(13)20/h10-14,20H,2-9H2,1H3/t13-,14-/m0/s1. The van der Waals surface area contributed by atoms with Crippen molar-refractivity contribution in [1.82, 2.24) is 14.9 Å². The van der Waals surface area contributed by atoms with Crippen molar-refractivity contribution in [2.24, 2.45) is 0 Å². The Morgan fingerprint density at radius 3 is 2.52 bits per heavy atom. The summed E-state index contributed by atoms with van der Waals surface area (Å²) in [5, 5.41) is 10.2. The van der Waals surface area contributed by atoms with E-state index in [1.807, 2.05) is 0 Å². The van der Waals surface area contributed by atoms with E-state index in [4.69, 9.17) is 0 Å². The molecule has 0 unspecified atom stereocenters. The number of piperidine rings is 1. The first-order valence-electron chi connectivity index (χ1n) is 8.39. The number of likely N-dealkylation sites (tertiary alicyclic amines) is 1. The minimum absolute atomic E-state index is 0.153. The van der Waals surface area contributed by atoms with Crippen LogP contribution in [0.15, 0.2) is 17.4 Å². The van der Waals surface area contributed by atoms with Crippen LogP contribution in [0.1, 0.15) is 50.1 Å². The lowest BCUT2D eigenvalue weighted by atomic mass is 9.87. The topological polar surface area (TPSA) is 83.4 Å². The molecule has 2 fully saturated rings. The molecule has 1 N–H and O–H groups in total. The predicted octanol–water partition coefficient (Wildman–Crippen LogP) is 1.36. The van der Waals surface area contributed by atoms with E-state index < -0.39 is 9.84 Å². The number of nitrogens with zero attached hydrogens (tertiary/aromatic N) is 3. The summed E-state index contributed by atoms with van der Waals surface area (Å²) in [6.45, 7) is 1.78. The number of aliphatic hydroxyl groups excluding tert-OH is 1. The second-order valence-corrected chi connectivity index (χ2v) is 8.76. The van der Waals surface area contributed by atoms with Crippen LogP contribution in [0, 0.1) is 0 Å². The molecule has 0 aromatic carbocycles. The summed E-state index contributed by atoms with van der Waals surface area (Å²) in [5.74, 6) is 0.153. The van der Waals surface area contributed by atoms with Gasteiger partial charge in [0.1, 0.15) is 11.2 Å². The Kier molecular flexibility index (Phi) is 4.98. The highest BCUT2D eigenvalue weighted by Gasteiger charge is 2.33. The maximum absolute atomic E-state index is 11.9. The van der Waals surface area contributed by atoms with Crippen LogP contribution in [-0.2, 0) is 9.84 Å². The predicted molar refractivity (Wildman–Crippen MR) is 87.0 cm³/mol. The number of hydrogen-bond acceptors (Lipinski definition) is 6. The van der Waals surface area contributed by atoms with Gasteiger partial charge in [-0.25, -0.2) is 18.4 Å². The summed E-state index contributed by atoms with van der Waals surface area (Å²) < 4.78 is 23.9. The van der Waals surface area contributed by atoms with Crippen LogP contribution in [0.3, 0.4) is 0 Å². The van der Waals surface area contributed by atoms with Crippen LogP contribution < -0.4 is 0 Å². The molecule has 1 saturated heterocycles. The Morgan fingerprint density at radius 2 is 1.87 bits per heavy atom. The summed E-state index contributed by atoms with van der Waals surface area (Å²) in [4.78, 5) is 10.8. The van der Waals surface area contributed by atoms with Crippen LogP contribution in [0.25, 0.3) is 0 Å². The lowest BCUT2D eigenvalue weighted by molar-refractivity contribution is 0.00841. The maximum Gasteiger partial charge on any atom is 0.178 e. The van der Waals surface area contributed by atoms with Gasteiger partial charge in [-0.05, 0) is 38.8 Å². The molecular weight excluding hydrogens is 314 g/mol. The van der Waals surface area contributed by atoms with E-state index in [0.717, 1.165) is 45.2 Å². The molecule has 1 saturated carbocycles. The number of aromatic nitrogens is 2. The highest BCUT2D eigenvalue weighted by atomic mass is 32.2. The average Bonchev–Trinajstić information content (AvgIpc) is 2.55. The van der Waals surface area contributed by atoms with Crippen LogP contribution in [0.4, 0.5) is 0 Å². The van der Waals surface area contributed by atoms with Gasteiger partial charge >= 0.3 is 0 Å².